The molecule has 0 radical (unpaired) electrons. The van der Waals surface area contributed by atoms with Gasteiger partial charge >= 0.3 is 12.3 Å². The average molecular weight is 710 g/mol. The minimum absolute atomic E-state index is 0.0213. The topological polar surface area (TPSA) is 94.2 Å². The molecule has 8 nitrogen and oxygen atoms in total. The van der Waals surface area contributed by atoms with Gasteiger partial charge in [0.1, 0.15) is 35.2 Å². The maximum Gasteiger partial charge on any atom is 0.573 e. The van der Waals surface area contributed by atoms with E-state index in [1.54, 1.807) is 42.5 Å². The molecule has 0 aromatic heterocycles. The Balaban J connectivity index is 1.38. The number of benzene rings is 3. The van der Waals surface area contributed by atoms with Crippen LogP contribution in [-0.2, 0) is 32.1 Å². The molecule has 3 aromatic rings. The highest BCUT2D eigenvalue weighted by Crippen LogP contribution is 2.46. The molecule has 2 aliphatic heterocycles. The Morgan fingerprint density at radius 2 is 1.80 bits per heavy atom. The van der Waals surface area contributed by atoms with Gasteiger partial charge in [-0.1, -0.05) is 54.2 Å². The summed E-state index contributed by atoms with van der Waals surface area (Å²) in [4.78, 5) is 41.7. The first-order valence-corrected chi connectivity index (χ1v) is 15.7. The van der Waals surface area contributed by atoms with Gasteiger partial charge in [0.2, 0.25) is 5.91 Å². The van der Waals surface area contributed by atoms with Crippen LogP contribution in [-0.4, -0.2) is 53.3 Å². The van der Waals surface area contributed by atoms with Crippen LogP contribution < -0.4 is 14.8 Å². The number of β-lactam (4-membered cyclic amide) rings is 1. The number of nitrogens with one attached hydrogen (secondary N) is 1. The first kappa shape index (κ1) is 31.8. The second kappa shape index (κ2) is 13.6. The Bertz CT molecular complexity index is 1590. The molecule has 5 rings (SSSR count). The SMILES string of the molecule is COc1ccc(COC(=O)C2=C(Sc3ccc(Br)c(OC(F)(F)F)c3)CS[C@H]3[C@H](NC(=O)Cc4ccccc4)C(=O)N23)cc1. The minimum atomic E-state index is -4.90. The predicted molar refractivity (Wildman–Crippen MR) is 162 cm³/mol. The molecule has 0 saturated carbocycles. The third-order valence-electron chi connectivity index (χ3n) is 6.55. The molecule has 230 valence electrons. The highest BCUT2D eigenvalue weighted by Gasteiger charge is 2.54. The third kappa shape index (κ3) is 7.53. The van der Waals surface area contributed by atoms with Crippen molar-refractivity contribution in [2.75, 3.05) is 12.9 Å². The number of fused-ring (bicyclic) bond motifs is 1. The number of hydrogen-bond donors (Lipinski definition) is 1. The van der Waals surface area contributed by atoms with Crippen LogP contribution in [0.25, 0.3) is 0 Å². The van der Waals surface area contributed by atoms with Gasteiger partial charge < -0.3 is 19.5 Å². The number of nitrogens with zero attached hydrogens (tertiary/aromatic N) is 1. The van der Waals surface area contributed by atoms with E-state index < -0.39 is 35.4 Å². The zero-order valence-corrected chi connectivity index (χ0v) is 26.1. The van der Waals surface area contributed by atoms with Crippen LogP contribution in [0.1, 0.15) is 11.1 Å². The second-order valence-electron chi connectivity index (χ2n) is 9.56. The molecule has 2 heterocycles. The Kier molecular flexibility index (Phi) is 9.81. The summed E-state index contributed by atoms with van der Waals surface area (Å²) in [7, 11) is 1.53. The standard InChI is InChI=1S/C30H24BrF3N2O6S2/c1-40-19-9-7-18(8-10-19)15-41-29(39)26-23(44-20-11-12-21(31)22(14-20)42-30(32,33)34)16-43-28-25(27(38)36(26)28)35-24(37)13-17-5-3-2-4-6-17/h2-12,14,25,28H,13,15-16H2,1H3,(H,35,37)/t25-,28+/m1/s1. The van der Waals surface area contributed by atoms with Crippen molar-refractivity contribution in [3.8, 4) is 11.5 Å². The first-order valence-electron chi connectivity index (χ1n) is 13.1. The van der Waals surface area contributed by atoms with Crippen molar-refractivity contribution >= 4 is 57.2 Å². The first-order chi connectivity index (χ1) is 21.0. The van der Waals surface area contributed by atoms with Crippen LogP contribution in [0.15, 0.2) is 92.8 Å². The normalized spacial score (nSPS) is 17.8. The molecule has 0 aliphatic carbocycles. The number of alkyl halides is 3. The molecule has 2 amide bonds. The fourth-order valence-corrected chi connectivity index (χ4v) is 7.32. The van der Waals surface area contributed by atoms with Gasteiger partial charge in [0, 0.05) is 15.6 Å². The number of thioether (sulfide) groups is 2. The van der Waals surface area contributed by atoms with E-state index >= 15 is 0 Å². The number of ether oxygens (including phenoxy) is 3. The molecule has 1 N–H and O–H groups in total. The summed E-state index contributed by atoms with van der Waals surface area (Å²) in [6, 6.07) is 19.3. The summed E-state index contributed by atoms with van der Waals surface area (Å²) in [5, 5.41) is 2.20. The van der Waals surface area contributed by atoms with Crippen LogP contribution in [0.4, 0.5) is 13.2 Å². The molecular formula is C30H24BrF3N2O6S2. The van der Waals surface area contributed by atoms with E-state index in [1.807, 2.05) is 18.2 Å². The zero-order chi connectivity index (χ0) is 31.4. The van der Waals surface area contributed by atoms with Crippen molar-refractivity contribution in [1.82, 2.24) is 10.2 Å². The van der Waals surface area contributed by atoms with Gasteiger partial charge in [0.05, 0.1) is 18.0 Å². The molecule has 3 aromatic carbocycles. The van der Waals surface area contributed by atoms with Gasteiger partial charge in [-0.05, 0) is 57.4 Å². The van der Waals surface area contributed by atoms with Crippen LogP contribution >= 0.6 is 39.5 Å². The zero-order valence-electron chi connectivity index (χ0n) is 22.9. The van der Waals surface area contributed by atoms with Crippen molar-refractivity contribution in [2.45, 2.75) is 35.7 Å². The largest absolute Gasteiger partial charge is 0.573 e. The number of carbonyl (C=O) groups excluding carboxylic acids is 3. The van der Waals surface area contributed by atoms with Gasteiger partial charge in [0.25, 0.3) is 5.91 Å². The fraction of sp³-hybridized carbons (Fsp3) is 0.233. The number of esters is 1. The average Bonchev–Trinajstić information content (AvgIpc) is 3.00. The van der Waals surface area contributed by atoms with Gasteiger partial charge in [-0.2, -0.15) is 0 Å². The number of amides is 2. The van der Waals surface area contributed by atoms with E-state index in [9.17, 15) is 27.6 Å². The van der Waals surface area contributed by atoms with Crippen LogP contribution in [0.3, 0.4) is 0 Å². The number of halogens is 4. The van der Waals surface area contributed by atoms with Gasteiger partial charge in [-0.25, -0.2) is 4.79 Å². The lowest BCUT2D eigenvalue weighted by Crippen LogP contribution is -2.70. The number of methoxy groups -OCH3 is 1. The predicted octanol–water partition coefficient (Wildman–Crippen LogP) is 6.05. The maximum absolute atomic E-state index is 13.5. The molecule has 0 spiro atoms. The minimum Gasteiger partial charge on any atom is -0.497 e. The highest BCUT2D eigenvalue weighted by molar-refractivity contribution is 9.10. The number of rotatable bonds is 10. The molecule has 44 heavy (non-hydrogen) atoms. The summed E-state index contributed by atoms with van der Waals surface area (Å²) in [6.07, 6.45) is -4.82. The Morgan fingerprint density at radius 3 is 2.48 bits per heavy atom. The smallest absolute Gasteiger partial charge is 0.497 e. The van der Waals surface area contributed by atoms with Crippen molar-refractivity contribution < 1.29 is 41.8 Å². The number of hydrogen-bond acceptors (Lipinski definition) is 8. The molecule has 1 saturated heterocycles. The van der Waals surface area contributed by atoms with E-state index in [0.717, 1.165) is 17.3 Å². The Hall–Kier alpha value is -3.62. The summed E-state index contributed by atoms with van der Waals surface area (Å²) in [5.41, 5.74) is 1.44. The number of carbonyl (C=O) groups is 3. The Morgan fingerprint density at radius 1 is 1.07 bits per heavy atom. The quantitative estimate of drug-likeness (QED) is 0.201. The van der Waals surface area contributed by atoms with Crippen LogP contribution in [0.5, 0.6) is 11.5 Å². The Labute approximate surface area is 267 Å². The third-order valence-corrected chi connectivity index (χ3v) is 9.74. The highest BCUT2D eigenvalue weighted by atomic mass is 79.9. The second-order valence-corrected chi connectivity index (χ2v) is 12.7. The summed E-state index contributed by atoms with van der Waals surface area (Å²) in [6.45, 7) is -0.0940. The molecule has 14 heteroatoms. The van der Waals surface area contributed by atoms with Crippen molar-refractivity contribution in [2.24, 2.45) is 0 Å². The molecule has 2 aliphatic rings. The van der Waals surface area contributed by atoms with E-state index in [1.165, 1.54) is 35.9 Å². The fourth-order valence-electron chi connectivity index (χ4n) is 4.50. The van der Waals surface area contributed by atoms with Gasteiger partial charge in [0.15, 0.2) is 0 Å². The van der Waals surface area contributed by atoms with Crippen molar-refractivity contribution in [3.63, 3.8) is 0 Å². The van der Waals surface area contributed by atoms with E-state index in [-0.39, 0.29) is 34.9 Å². The lowest BCUT2D eigenvalue weighted by molar-refractivity contribution is -0.275. The monoisotopic (exact) mass is 708 g/mol. The molecular weight excluding hydrogens is 685 g/mol. The van der Waals surface area contributed by atoms with E-state index in [4.69, 9.17) is 9.47 Å². The summed E-state index contributed by atoms with van der Waals surface area (Å²) in [5.74, 6) is -1.19. The van der Waals surface area contributed by atoms with Gasteiger partial charge in [-0.15, -0.1) is 24.9 Å². The molecule has 0 bridgehead atoms. The lowest BCUT2D eigenvalue weighted by Gasteiger charge is -2.49. The maximum atomic E-state index is 13.5. The van der Waals surface area contributed by atoms with Crippen LogP contribution in [0, 0.1) is 0 Å². The van der Waals surface area contributed by atoms with Crippen molar-refractivity contribution in [3.05, 3.63) is 99.0 Å². The molecule has 0 unspecified atom stereocenters. The molecule has 2 atom stereocenters. The summed E-state index contributed by atoms with van der Waals surface area (Å²) < 4.78 is 53.8. The summed E-state index contributed by atoms with van der Waals surface area (Å²) >= 11 is 5.41. The van der Waals surface area contributed by atoms with Crippen LogP contribution in [0.2, 0.25) is 0 Å². The van der Waals surface area contributed by atoms with Gasteiger partial charge in [-0.3, -0.25) is 14.5 Å². The molecule has 1 fully saturated rings. The van der Waals surface area contributed by atoms with E-state index in [2.05, 4.69) is 26.0 Å². The van der Waals surface area contributed by atoms with E-state index in [0.29, 0.717) is 21.1 Å². The van der Waals surface area contributed by atoms with Crippen molar-refractivity contribution in [1.29, 1.82) is 0 Å². The lowest BCUT2D eigenvalue weighted by atomic mass is 10.0.